The molecule has 0 bridgehead atoms. The first-order valence-electron chi connectivity index (χ1n) is 9.03. The fourth-order valence-corrected chi connectivity index (χ4v) is 3.73. The van der Waals surface area contributed by atoms with Gasteiger partial charge in [-0.05, 0) is 49.9 Å². The van der Waals surface area contributed by atoms with Gasteiger partial charge in [-0.25, -0.2) is 17.5 Å². The number of rotatable bonds is 9. The number of benzene rings is 1. The molecule has 0 spiro atoms. The van der Waals surface area contributed by atoms with Gasteiger partial charge in [-0.1, -0.05) is 18.6 Å². The standard InChI is InChI=1S/C18H28FN3O3S/c1-26(24,25)21-12-10-17-4-2-3-13-22(17)14-18(23)20-11-9-15-5-7-16(19)8-6-15/h5-8,17,21H,2-4,9-14H2,1H3,(H,20,23). The van der Waals surface area contributed by atoms with Crippen LogP contribution in [0.1, 0.15) is 31.2 Å². The van der Waals surface area contributed by atoms with Crippen LogP contribution in [-0.2, 0) is 21.2 Å². The van der Waals surface area contributed by atoms with E-state index in [2.05, 4.69) is 14.9 Å². The molecule has 1 fully saturated rings. The molecule has 0 aromatic heterocycles. The molecule has 0 saturated carbocycles. The maximum absolute atomic E-state index is 12.9. The van der Waals surface area contributed by atoms with Gasteiger partial charge in [0.2, 0.25) is 15.9 Å². The number of piperidine rings is 1. The van der Waals surface area contributed by atoms with Crippen LogP contribution in [0.5, 0.6) is 0 Å². The molecule has 2 rings (SSSR count). The average Bonchev–Trinajstić information content (AvgIpc) is 2.57. The minimum absolute atomic E-state index is 0.0323. The molecular weight excluding hydrogens is 357 g/mol. The number of hydrogen-bond acceptors (Lipinski definition) is 4. The van der Waals surface area contributed by atoms with Crippen molar-refractivity contribution < 1.29 is 17.6 Å². The molecule has 1 heterocycles. The number of carbonyl (C=O) groups excluding carboxylic acids is 1. The smallest absolute Gasteiger partial charge is 0.234 e. The first kappa shape index (κ1) is 20.8. The van der Waals surface area contributed by atoms with Gasteiger partial charge in [0.15, 0.2) is 0 Å². The van der Waals surface area contributed by atoms with Crippen molar-refractivity contribution >= 4 is 15.9 Å². The summed E-state index contributed by atoms with van der Waals surface area (Å²) >= 11 is 0. The third-order valence-corrected chi connectivity index (χ3v) is 5.32. The van der Waals surface area contributed by atoms with Crippen molar-refractivity contribution in [3.63, 3.8) is 0 Å². The van der Waals surface area contributed by atoms with E-state index < -0.39 is 10.0 Å². The van der Waals surface area contributed by atoms with E-state index in [4.69, 9.17) is 0 Å². The Hall–Kier alpha value is -1.51. The largest absolute Gasteiger partial charge is 0.355 e. The number of hydrogen-bond donors (Lipinski definition) is 2. The first-order valence-corrected chi connectivity index (χ1v) is 10.9. The van der Waals surface area contributed by atoms with E-state index in [1.165, 1.54) is 12.1 Å². The van der Waals surface area contributed by atoms with Crippen LogP contribution in [0.15, 0.2) is 24.3 Å². The van der Waals surface area contributed by atoms with Crippen LogP contribution >= 0.6 is 0 Å². The van der Waals surface area contributed by atoms with Crippen LogP contribution < -0.4 is 10.0 Å². The van der Waals surface area contributed by atoms with Crippen LogP contribution in [0.2, 0.25) is 0 Å². The van der Waals surface area contributed by atoms with Gasteiger partial charge >= 0.3 is 0 Å². The molecule has 8 heteroatoms. The third kappa shape index (κ3) is 7.80. The van der Waals surface area contributed by atoms with Crippen molar-refractivity contribution in [3.05, 3.63) is 35.6 Å². The molecular formula is C18H28FN3O3S. The molecule has 1 saturated heterocycles. The fourth-order valence-electron chi connectivity index (χ4n) is 3.24. The molecule has 1 aromatic carbocycles. The van der Waals surface area contributed by atoms with Crippen molar-refractivity contribution in [2.24, 2.45) is 0 Å². The normalized spacial score (nSPS) is 18.6. The Morgan fingerprint density at radius 3 is 2.65 bits per heavy atom. The second-order valence-electron chi connectivity index (χ2n) is 6.80. The summed E-state index contributed by atoms with van der Waals surface area (Å²) in [4.78, 5) is 14.3. The maximum Gasteiger partial charge on any atom is 0.234 e. The lowest BCUT2D eigenvalue weighted by Gasteiger charge is -2.35. The van der Waals surface area contributed by atoms with Gasteiger partial charge in [-0.15, -0.1) is 0 Å². The van der Waals surface area contributed by atoms with E-state index in [0.717, 1.165) is 37.6 Å². The van der Waals surface area contributed by atoms with Gasteiger partial charge in [0, 0.05) is 19.1 Å². The molecule has 1 unspecified atom stereocenters. The number of carbonyl (C=O) groups is 1. The zero-order chi connectivity index (χ0) is 19.0. The third-order valence-electron chi connectivity index (χ3n) is 4.59. The Morgan fingerprint density at radius 2 is 1.96 bits per heavy atom. The molecule has 6 nitrogen and oxygen atoms in total. The van der Waals surface area contributed by atoms with E-state index in [1.807, 2.05) is 0 Å². The fraction of sp³-hybridized carbons (Fsp3) is 0.611. The van der Waals surface area contributed by atoms with E-state index in [-0.39, 0.29) is 17.8 Å². The molecule has 1 aliphatic heterocycles. The van der Waals surface area contributed by atoms with Crippen LogP contribution in [0.25, 0.3) is 0 Å². The van der Waals surface area contributed by atoms with Gasteiger partial charge in [-0.2, -0.15) is 0 Å². The average molecular weight is 386 g/mol. The Morgan fingerprint density at radius 1 is 1.23 bits per heavy atom. The lowest BCUT2D eigenvalue weighted by atomic mass is 9.99. The quantitative estimate of drug-likeness (QED) is 0.671. The molecule has 146 valence electrons. The number of nitrogens with zero attached hydrogens (tertiary/aromatic N) is 1. The monoisotopic (exact) mass is 385 g/mol. The highest BCUT2D eigenvalue weighted by molar-refractivity contribution is 7.88. The Bertz CT molecular complexity index is 679. The summed E-state index contributed by atoms with van der Waals surface area (Å²) in [5.74, 6) is -0.297. The van der Waals surface area contributed by atoms with Crippen molar-refractivity contribution in [1.29, 1.82) is 0 Å². The Balaban J connectivity index is 1.73. The lowest BCUT2D eigenvalue weighted by molar-refractivity contribution is -0.123. The lowest BCUT2D eigenvalue weighted by Crippen LogP contribution is -2.46. The SMILES string of the molecule is CS(=O)(=O)NCCC1CCCCN1CC(=O)NCCc1ccc(F)cc1. The molecule has 1 atom stereocenters. The van der Waals surface area contributed by atoms with E-state index in [0.29, 0.717) is 32.5 Å². The molecule has 1 amide bonds. The predicted molar refractivity (Wildman–Crippen MR) is 99.8 cm³/mol. The van der Waals surface area contributed by atoms with Crippen LogP contribution in [0.3, 0.4) is 0 Å². The van der Waals surface area contributed by atoms with Gasteiger partial charge in [-0.3, -0.25) is 9.69 Å². The zero-order valence-corrected chi connectivity index (χ0v) is 16.0. The minimum atomic E-state index is -3.18. The van der Waals surface area contributed by atoms with Crippen molar-refractivity contribution in [2.45, 2.75) is 38.1 Å². The van der Waals surface area contributed by atoms with Gasteiger partial charge in [0.1, 0.15) is 5.82 Å². The van der Waals surface area contributed by atoms with Gasteiger partial charge in [0.25, 0.3) is 0 Å². The molecule has 1 aromatic rings. The highest BCUT2D eigenvalue weighted by Gasteiger charge is 2.24. The topological polar surface area (TPSA) is 78.5 Å². The van der Waals surface area contributed by atoms with Gasteiger partial charge in [0.05, 0.1) is 12.8 Å². The van der Waals surface area contributed by atoms with Crippen molar-refractivity contribution in [1.82, 2.24) is 14.9 Å². The number of sulfonamides is 1. The Labute approximate surface area is 155 Å². The molecule has 26 heavy (non-hydrogen) atoms. The second-order valence-corrected chi connectivity index (χ2v) is 8.63. The maximum atomic E-state index is 12.9. The number of amides is 1. The second kappa shape index (κ2) is 9.99. The molecule has 0 radical (unpaired) electrons. The summed E-state index contributed by atoms with van der Waals surface area (Å²) in [5.41, 5.74) is 0.981. The summed E-state index contributed by atoms with van der Waals surface area (Å²) in [6.07, 6.45) is 5.66. The van der Waals surface area contributed by atoms with Crippen molar-refractivity contribution in [2.75, 3.05) is 32.4 Å². The van der Waals surface area contributed by atoms with E-state index in [9.17, 15) is 17.6 Å². The molecule has 0 aliphatic carbocycles. The summed E-state index contributed by atoms with van der Waals surface area (Å²) in [5, 5.41) is 2.91. The summed E-state index contributed by atoms with van der Waals surface area (Å²) in [7, 11) is -3.18. The highest BCUT2D eigenvalue weighted by Crippen LogP contribution is 2.19. The first-order chi connectivity index (χ1) is 12.3. The van der Waals surface area contributed by atoms with Crippen LogP contribution in [-0.4, -0.2) is 57.7 Å². The van der Waals surface area contributed by atoms with Gasteiger partial charge < -0.3 is 5.32 Å². The highest BCUT2D eigenvalue weighted by atomic mass is 32.2. The number of halogens is 1. The van der Waals surface area contributed by atoms with Crippen molar-refractivity contribution in [3.8, 4) is 0 Å². The minimum Gasteiger partial charge on any atom is -0.355 e. The molecule has 2 N–H and O–H groups in total. The summed E-state index contributed by atoms with van der Waals surface area (Å²) < 4.78 is 37.7. The predicted octanol–water partition coefficient (Wildman–Crippen LogP) is 1.28. The molecule has 1 aliphatic rings. The van der Waals surface area contributed by atoms with Crippen LogP contribution in [0.4, 0.5) is 4.39 Å². The van der Waals surface area contributed by atoms with E-state index in [1.54, 1.807) is 12.1 Å². The number of likely N-dealkylation sites (tertiary alicyclic amines) is 1. The van der Waals surface area contributed by atoms with Crippen LogP contribution in [0, 0.1) is 5.82 Å². The summed E-state index contributed by atoms with van der Waals surface area (Å²) in [6, 6.07) is 6.49. The summed E-state index contributed by atoms with van der Waals surface area (Å²) in [6.45, 7) is 2.09. The Kier molecular flexibility index (Phi) is 7.99. The zero-order valence-electron chi connectivity index (χ0n) is 15.2. The van der Waals surface area contributed by atoms with E-state index >= 15 is 0 Å². The number of nitrogens with one attached hydrogen (secondary N) is 2.